The van der Waals surface area contributed by atoms with E-state index < -0.39 is 0 Å². The number of hydrogen-bond donors (Lipinski definition) is 0. The van der Waals surface area contributed by atoms with Crippen molar-refractivity contribution < 1.29 is 0 Å². The number of allylic oxidation sites excluding steroid dienone is 2. The molecule has 0 amide bonds. The molecule has 0 spiro atoms. The molecule has 13 heavy (non-hydrogen) atoms. The summed E-state index contributed by atoms with van der Waals surface area (Å²) in [5.74, 6) is 0. The zero-order valence-electron chi connectivity index (χ0n) is 9.55. The van der Waals surface area contributed by atoms with Crippen LogP contribution in [0.5, 0.6) is 0 Å². The maximum absolute atomic E-state index is 2.38. The second-order valence-corrected chi connectivity index (χ2v) is 6.54. The van der Waals surface area contributed by atoms with Gasteiger partial charge in [0.25, 0.3) is 0 Å². The van der Waals surface area contributed by atoms with Gasteiger partial charge in [0.15, 0.2) is 0 Å². The first-order valence-electron chi connectivity index (χ1n) is 5.53. The Kier molecular flexibility index (Phi) is 10.4. The molecule has 0 aromatic heterocycles. The topological polar surface area (TPSA) is 0 Å². The minimum absolute atomic E-state index is 0.358. The van der Waals surface area contributed by atoms with Crippen LogP contribution in [-0.2, 0) is 0 Å². The van der Waals surface area contributed by atoms with Gasteiger partial charge in [-0.05, 0) is 45.7 Å². The van der Waals surface area contributed by atoms with E-state index in [1.54, 1.807) is 0 Å². The molecule has 0 saturated carbocycles. The van der Waals surface area contributed by atoms with Gasteiger partial charge in [-0.2, -0.15) is 0 Å². The second-order valence-electron chi connectivity index (χ2n) is 3.93. The SMILES string of the molecule is CC=CCCCCCCCP(C)C. The fourth-order valence-corrected chi connectivity index (χ4v) is 2.24. The monoisotopic (exact) mass is 200 g/mol. The highest BCUT2D eigenvalue weighted by Crippen LogP contribution is 2.26. The fraction of sp³-hybridized carbons (Fsp3) is 0.833. The summed E-state index contributed by atoms with van der Waals surface area (Å²) in [5.41, 5.74) is 0. The van der Waals surface area contributed by atoms with Crippen LogP contribution in [0.3, 0.4) is 0 Å². The lowest BCUT2D eigenvalue weighted by molar-refractivity contribution is 0.639. The first-order chi connectivity index (χ1) is 6.27. The molecule has 0 N–H and O–H groups in total. The summed E-state index contributed by atoms with van der Waals surface area (Å²) in [6, 6.07) is 0. The van der Waals surface area contributed by atoms with Gasteiger partial charge in [0.2, 0.25) is 0 Å². The maximum Gasteiger partial charge on any atom is -0.0331 e. The molecule has 0 aliphatic heterocycles. The standard InChI is InChI=1S/C12H25P/c1-4-5-6-7-8-9-10-11-12-13(2)3/h4-5H,6-12H2,1-3H3. The van der Waals surface area contributed by atoms with Crippen LogP contribution >= 0.6 is 7.92 Å². The minimum Gasteiger partial charge on any atom is -0.113 e. The summed E-state index contributed by atoms with van der Waals surface area (Å²) in [5, 5.41) is 0. The van der Waals surface area contributed by atoms with Crippen molar-refractivity contribution in [2.75, 3.05) is 19.5 Å². The van der Waals surface area contributed by atoms with E-state index in [-0.39, 0.29) is 0 Å². The third-order valence-corrected chi connectivity index (χ3v) is 3.42. The van der Waals surface area contributed by atoms with E-state index in [1.165, 1.54) is 44.7 Å². The van der Waals surface area contributed by atoms with Gasteiger partial charge in [0.1, 0.15) is 0 Å². The average Bonchev–Trinajstić information content (AvgIpc) is 2.09. The number of rotatable bonds is 8. The van der Waals surface area contributed by atoms with E-state index in [4.69, 9.17) is 0 Å². The summed E-state index contributed by atoms with van der Waals surface area (Å²) >= 11 is 0. The largest absolute Gasteiger partial charge is 0.113 e. The Bertz CT molecular complexity index is 116. The fourth-order valence-electron chi connectivity index (χ4n) is 1.39. The van der Waals surface area contributed by atoms with Crippen LogP contribution in [0.1, 0.15) is 45.4 Å². The highest BCUT2D eigenvalue weighted by Gasteiger charge is 1.93. The summed E-state index contributed by atoms with van der Waals surface area (Å²) in [7, 11) is 0.358. The molecule has 0 unspecified atom stereocenters. The van der Waals surface area contributed by atoms with E-state index in [0.717, 1.165) is 0 Å². The first-order valence-corrected chi connectivity index (χ1v) is 7.95. The normalized spacial score (nSPS) is 11.7. The maximum atomic E-state index is 2.38. The Morgan fingerprint density at radius 2 is 1.54 bits per heavy atom. The number of hydrogen-bond acceptors (Lipinski definition) is 0. The van der Waals surface area contributed by atoms with Crippen molar-refractivity contribution >= 4 is 7.92 Å². The van der Waals surface area contributed by atoms with E-state index >= 15 is 0 Å². The van der Waals surface area contributed by atoms with E-state index in [9.17, 15) is 0 Å². The van der Waals surface area contributed by atoms with Gasteiger partial charge in [0, 0.05) is 0 Å². The van der Waals surface area contributed by atoms with Crippen LogP contribution in [0.4, 0.5) is 0 Å². The minimum atomic E-state index is 0.358. The molecule has 0 radical (unpaired) electrons. The van der Waals surface area contributed by atoms with E-state index in [0.29, 0.717) is 7.92 Å². The van der Waals surface area contributed by atoms with E-state index in [2.05, 4.69) is 32.4 Å². The Morgan fingerprint density at radius 3 is 2.15 bits per heavy atom. The smallest absolute Gasteiger partial charge is 0.0331 e. The van der Waals surface area contributed by atoms with Crippen LogP contribution in [0.2, 0.25) is 0 Å². The van der Waals surface area contributed by atoms with Crippen molar-refractivity contribution in [2.45, 2.75) is 45.4 Å². The van der Waals surface area contributed by atoms with E-state index in [1.807, 2.05) is 0 Å². The lowest BCUT2D eigenvalue weighted by atomic mass is 10.1. The van der Waals surface area contributed by atoms with Gasteiger partial charge in [-0.15, -0.1) is 7.92 Å². The molecule has 78 valence electrons. The van der Waals surface area contributed by atoms with Crippen molar-refractivity contribution in [1.29, 1.82) is 0 Å². The van der Waals surface area contributed by atoms with Crippen molar-refractivity contribution in [1.82, 2.24) is 0 Å². The van der Waals surface area contributed by atoms with Gasteiger partial charge in [-0.1, -0.05) is 31.4 Å². The third-order valence-electron chi connectivity index (χ3n) is 2.21. The predicted octanol–water partition coefficient (Wildman–Crippen LogP) is 4.64. The molecular formula is C12H25P. The molecular weight excluding hydrogens is 175 g/mol. The zero-order valence-corrected chi connectivity index (χ0v) is 10.4. The summed E-state index contributed by atoms with van der Waals surface area (Å²) in [4.78, 5) is 0. The van der Waals surface area contributed by atoms with Crippen molar-refractivity contribution in [3.63, 3.8) is 0 Å². The van der Waals surface area contributed by atoms with Crippen LogP contribution in [-0.4, -0.2) is 19.5 Å². The van der Waals surface area contributed by atoms with Crippen LogP contribution in [0, 0.1) is 0 Å². The molecule has 0 heterocycles. The highest BCUT2D eigenvalue weighted by atomic mass is 31.1. The summed E-state index contributed by atoms with van der Waals surface area (Å²) < 4.78 is 0. The highest BCUT2D eigenvalue weighted by molar-refractivity contribution is 7.55. The first kappa shape index (κ1) is 13.2. The molecule has 1 heteroatoms. The Hall–Kier alpha value is 0.170. The molecule has 0 aromatic rings. The lowest BCUT2D eigenvalue weighted by Crippen LogP contribution is -1.83. The summed E-state index contributed by atoms with van der Waals surface area (Å²) in [6.07, 6.45) is 14.4. The molecule has 0 saturated heterocycles. The van der Waals surface area contributed by atoms with Gasteiger partial charge >= 0.3 is 0 Å². The van der Waals surface area contributed by atoms with Crippen LogP contribution < -0.4 is 0 Å². The van der Waals surface area contributed by atoms with Crippen molar-refractivity contribution in [2.24, 2.45) is 0 Å². The van der Waals surface area contributed by atoms with Gasteiger partial charge < -0.3 is 0 Å². The molecule has 0 aliphatic rings. The molecule has 0 bridgehead atoms. The van der Waals surface area contributed by atoms with Crippen LogP contribution in [0.25, 0.3) is 0 Å². The molecule has 0 nitrogen and oxygen atoms in total. The molecule has 0 aromatic carbocycles. The molecule has 0 atom stereocenters. The molecule has 0 fully saturated rings. The third kappa shape index (κ3) is 12.2. The molecule has 0 aliphatic carbocycles. The van der Waals surface area contributed by atoms with Crippen molar-refractivity contribution in [3.05, 3.63) is 12.2 Å². The van der Waals surface area contributed by atoms with Crippen LogP contribution in [0.15, 0.2) is 12.2 Å². The van der Waals surface area contributed by atoms with Gasteiger partial charge in [-0.3, -0.25) is 0 Å². The quantitative estimate of drug-likeness (QED) is 0.304. The Morgan fingerprint density at radius 1 is 0.923 bits per heavy atom. The second kappa shape index (κ2) is 10.3. The predicted molar refractivity (Wildman–Crippen MR) is 66.2 cm³/mol. The summed E-state index contributed by atoms with van der Waals surface area (Å²) in [6.45, 7) is 6.85. The van der Waals surface area contributed by atoms with Crippen molar-refractivity contribution in [3.8, 4) is 0 Å². The molecule has 0 rings (SSSR count). The number of unbranched alkanes of at least 4 members (excludes halogenated alkanes) is 5. The Labute approximate surface area is 85.6 Å². The van der Waals surface area contributed by atoms with Gasteiger partial charge in [-0.25, -0.2) is 0 Å². The lowest BCUT2D eigenvalue weighted by Gasteiger charge is -2.04. The zero-order chi connectivity index (χ0) is 9.94. The average molecular weight is 200 g/mol. The van der Waals surface area contributed by atoms with Gasteiger partial charge in [0.05, 0.1) is 0 Å². The Balaban J connectivity index is 2.91.